The molecule has 8 heteroatoms. The van der Waals surface area contributed by atoms with E-state index in [0.29, 0.717) is 5.39 Å². The Labute approximate surface area is 370 Å². The summed E-state index contributed by atoms with van der Waals surface area (Å²) in [6.45, 7) is 13.4. The third-order valence-electron chi connectivity index (χ3n) is 11.8. The van der Waals surface area contributed by atoms with E-state index in [1.165, 1.54) is 149 Å². The Balaban J connectivity index is 1.44. The van der Waals surface area contributed by atoms with Gasteiger partial charge in [0.25, 0.3) is 0 Å². The summed E-state index contributed by atoms with van der Waals surface area (Å²) in [4.78, 5) is 10.3. The summed E-state index contributed by atoms with van der Waals surface area (Å²) in [7, 11) is 0. The minimum atomic E-state index is -0.700. The van der Waals surface area contributed by atoms with Gasteiger partial charge < -0.3 is 0 Å². The standard InChI is InChI=1S/C50H62F2S6/c1-7-11-15-19-23-33-28-39(55-37(33)25-21-17-13-9-3)43-35-27-31(5)53-46(35)44(40-29-34(24-20-16-12-8-2)38(56-40)26-22-18-14-10-4)36-30-41(57-47(36)43)48-49-42(32(6)54-48)45(51)50(52)58-49/h27-30H,7-26H2,1-6H3. The topological polar surface area (TPSA) is 0 Å². The fourth-order valence-corrected chi connectivity index (χ4v) is 16.2. The largest absolute Gasteiger partial charge is 0.213 e. The van der Waals surface area contributed by atoms with Gasteiger partial charge in [0, 0.05) is 70.8 Å². The minimum absolute atomic E-state index is 0.467. The van der Waals surface area contributed by atoms with Crippen LogP contribution in [0.1, 0.15) is 161 Å². The number of fused-ring (bicyclic) bond motifs is 3. The summed E-state index contributed by atoms with van der Waals surface area (Å²) in [5, 5.41) is 2.45. The second-order valence-electron chi connectivity index (χ2n) is 16.4. The van der Waals surface area contributed by atoms with Gasteiger partial charge in [-0.15, -0.1) is 68.0 Å². The summed E-state index contributed by atoms with van der Waals surface area (Å²) >= 11 is 10.5. The molecule has 0 spiro atoms. The van der Waals surface area contributed by atoms with E-state index in [0.717, 1.165) is 56.4 Å². The van der Waals surface area contributed by atoms with Crippen LogP contribution in [0.3, 0.4) is 0 Å². The van der Waals surface area contributed by atoms with Crippen LogP contribution in [0.25, 0.3) is 60.9 Å². The van der Waals surface area contributed by atoms with Crippen molar-refractivity contribution in [1.82, 2.24) is 0 Å². The lowest BCUT2D eigenvalue weighted by Crippen LogP contribution is -1.90. The van der Waals surface area contributed by atoms with E-state index in [-0.39, 0.29) is 0 Å². The van der Waals surface area contributed by atoms with Gasteiger partial charge in [0.1, 0.15) is 0 Å². The van der Waals surface area contributed by atoms with Crippen LogP contribution in [0.4, 0.5) is 8.78 Å². The smallest absolute Gasteiger partial charge is 0.202 e. The zero-order valence-electron chi connectivity index (χ0n) is 35.7. The Bertz CT molecular complexity index is 2240. The van der Waals surface area contributed by atoms with Crippen molar-refractivity contribution < 1.29 is 8.78 Å². The SMILES string of the molecule is CCCCCCc1cc(-c2c3cc(-c4sc(C)c5c(F)c(F)sc45)sc3c(-c3cc(CCCCCC)c(CCCCCC)s3)c3cc(C)sc23)sc1CCCCCC. The molecule has 0 amide bonds. The Morgan fingerprint density at radius 1 is 0.448 bits per heavy atom. The molecule has 0 fully saturated rings. The van der Waals surface area contributed by atoms with Crippen LogP contribution in [0.15, 0.2) is 24.3 Å². The zero-order valence-corrected chi connectivity index (χ0v) is 40.6. The molecule has 58 heavy (non-hydrogen) atoms. The third-order valence-corrected chi connectivity index (χ3v) is 18.9. The monoisotopic (exact) mass is 892 g/mol. The van der Waals surface area contributed by atoms with E-state index in [1.807, 2.05) is 52.3 Å². The average molecular weight is 893 g/mol. The predicted molar refractivity (Wildman–Crippen MR) is 263 cm³/mol. The molecule has 312 valence electrons. The molecule has 0 radical (unpaired) electrons. The lowest BCUT2D eigenvalue weighted by molar-refractivity contribution is 0.538. The Hall–Kier alpha value is -1.94. The second-order valence-corrected chi connectivity index (χ2v) is 23.2. The van der Waals surface area contributed by atoms with E-state index in [2.05, 4.69) is 58.9 Å². The molecule has 0 atom stereocenters. The van der Waals surface area contributed by atoms with Crippen molar-refractivity contribution in [2.45, 2.75) is 170 Å². The number of hydrogen-bond acceptors (Lipinski definition) is 6. The van der Waals surface area contributed by atoms with Crippen molar-refractivity contribution in [3.05, 3.63) is 65.8 Å². The van der Waals surface area contributed by atoms with Crippen LogP contribution in [-0.4, -0.2) is 0 Å². The number of rotatable bonds is 23. The van der Waals surface area contributed by atoms with Crippen molar-refractivity contribution >= 4 is 98.3 Å². The number of thiophene rings is 6. The van der Waals surface area contributed by atoms with Gasteiger partial charge in [-0.1, -0.05) is 105 Å². The van der Waals surface area contributed by atoms with Gasteiger partial charge in [-0.2, -0.15) is 4.39 Å². The first-order valence-electron chi connectivity index (χ1n) is 22.4. The van der Waals surface area contributed by atoms with Crippen molar-refractivity contribution in [3.63, 3.8) is 0 Å². The van der Waals surface area contributed by atoms with Crippen LogP contribution in [0.2, 0.25) is 0 Å². The lowest BCUT2D eigenvalue weighted by atomic mass is 9.97. The molecule has 7 aromatic rings. The molecule has 6 aromatic heterocycles. The molecule has 0 nitrogen and oxygen atoms in total. The highest BCUT2D eigenvalue weighted by Gasteiger charge is 2.27. The third kappa shape index (κ3) is 9.58. The number of hydrogen-bond donors (Lipinski definition) is 0. The molecule has 0 aliphatic heterocycles. The summed E-state index contributed by atoms with van der Waals surface area (Å²) in [5.74, 6) is -0.688. The lowest BCUT2D eigenvalue weighted by Gasteiger charge is -2.10. The van der Waals surface area contributed by atoms with E-state index in [4.69, 9.17) is 0 Å². The van der Waals surface area contributed by atoms with Crippen LogP contribution in [-0.2, 0) is 25.7 Å². The molecule has 0 aliphatic carbocycles. The number of aryl methyl sites for hydroxylation is 6. The van der Waals surface area contributed by atoms with Gasteiger partial charge in [0.05, 0.1) is 9.58 Å². The summed E-state index contributed by atoms with van der Waals surface area (Å²) in [6, 6.07) is 10.00. The Kier molecular flexibility index (Phi) is 15.8. The van der Waals surface area contributed by atoms with Crippen molar-refractivity contribution in [2.24, 2.45) is 0 Å². The van der Waals surface area contributed by atoms with Gasteiger partial charge in [0.15, 0.2) is 5.82 Å². The Morgan fingerprint density at radius 2 is 0.931 bits per heavy atom. The van der Waals surface area contributed by atoms with Crippen LogP contribution in [0.5, 0.6) is 0 Å². The summed E-state index contributed by atoms with van der Waals surface area (Å²) in [5.41, 5.74) is 5.86. The minimum Gasteiger partial charge on any atom is -0.202 e. The molecule has 7 rings (SSSR count). The van der Waals surface area contributed by atoms with Gasteiger partial charge >= 0.3 is 0 Å². The van der Waals surface area contributed by atoms with Crippen LogP contribution in [0, 0.1) is 24.8 Å². The van der Waals surface area contributed by atoms with Crippen molar-refractivity contribution in [2.75, 3.05) is 0 Å². The molecule has 6 heterocycles. The first kappa shape index (κ1) is 44.1. The highest BCUT2D eigenvalue weighted by atomic mass is 32.1. The molecule has 0 saturated heterocycles. The first-order chi connectivity index (χ1) is 28.3. The maximum atomic E-state index is 15.2. The van der Waals surface area contributed by atoms with E-state index >= 15 is 4.39 Å². The predicted octanol–water partition coefficient (Wildman–Crippen LogP) is 19.9. The zero-order chi connectivity index (χ0) is 40.8. The van der Waals surface area contributed by atoms with Gasteiger partial charge in [0.2, 0.25) is 5.13 Å². The molecule has 1 aromatic carbocycles. The van der Waals surface area contributed by atoms with Crippen LogP contribution >= 0.6 is 68.0 Å². The Morgan fingerprint density at radius 3 is 1.45 bits per heavy atom. The number of unbranched alkanes of at least 4 members (excludes halogenated alkanes) is 12. The van der Waals surface area contributed by atoms with Gasteiger partial charge in [-0.05, 0) is 101 Å². The highest BCUT2D eigenvalue weighted by Crippen LogP contribution is 2.55. The summed E-state index contributed by atoms with van der Waals surface area (Å²) in [6.07, 6.45) is 25.0. The fourth-order valence-electron chi connectivity index (χ4n) is 8.70. The second kappa shape index (κ2) is 20.8. The average Bonchev–Trinajstić information content (AvgIpc) is 4.07. The quantitative estimate of drug-likeness (QED) is 0.0562. The first-order valence-corrected chi connectivity index (χ1v) is 27.3. The van der Waals surface area contributed by atoms with Gasteiger partial charge in [-0.3, -0.25) is 0 Å². The molecule has 0 N–H and O–H groups in total. The van der Waals surface area contributed by atoms with Crippen LogP contribution < -0.4 is 0 Å². The molecule has 0 unspecified atom stereocenters. The number of halogens is 2. The normalized spacial score (nSPS) is 12.1. The molecule has 0 aliphatic rings. The molecular weight excluding hydrogens is 831 g/mol. The van der Waals surface area contributed by atoms with E-state index in [9.17, 15) is 4.39 Å². The fraction of sp³-hybridized carbons (Fsp3) is 0.520. The maximum Gasteiger partial charge on any atom is 0.213 e. The molecular formula is C50H62F2S6. The molecule has 0 saturated carbocycles. The molecule has 0 bridgehead atoms. The van der Waals surface area contributed by atoms with E-state index < -0.39 is 10.9 Å². The van der Waals surface area contributed by atoms with Gasteiger partial charge in [-0.25, -0.2) is 4.39 Å². The maximum absolute atomic E-state index is 15.2. The summed E-state index contributed by atoms with van der Waals surface area (Å²) < 4.78 is 33.5. The highest BCUT2D eigenvalue weighted by molar-refractivity contribution is 7.31. The van der Waals surface area contributed by atoms with E-state index in [1.54, 1.807) is 32.2 Å². The van der Waals surface area contributed by atoms with Crippen molar-refractivity contribution in [1.29, 1.82) is 0 Å². The number of benzene rings is 1. The van der Waals surface area contributed by atoms with Crippen molar-refractivity contribution in [3.8, 4) is 30.6 Å².